The van der Waals surface area contributed by atoms with Gasteiger partial charge in [0.2, 0.25) is 0 Å². The predicted molar refractivity (Wildman–Crippen MR) is 143 cm³/mol. The van der Waals surface area contributed by atoms with Gasteiger partial charge in [-0.1, -0.05) is 13.8 Å². The predicted octanol–water partition coefficient (Wildman–Crippen LogP) is 6.62. The molecule has 5 fully saturated rings. The molecular weight excluding hydrogens is 468 g/mol. The van der Waals surface area contributed by atoms with Gasteiger partial charge in [-0.25, -0.2) is 0 Å². The molecule has 0 amide bonds. The number of aliphatic hydroxyl groups excluding tert-OH is 1. The molecule has 1 N–H and O–H groups in total. The van der Waals surface area contributed by atoms with E-state index in [-0.39, 0.29) is 17.0 Å². The molecule has 1 unspecified atom stereocenters. The van der Waals surface area contributed by atoms with Gasteiger partial charge in [-0.3, -0.25) is 9.80 Å². The summed E-state index contributed by atoms with van der Waals surface area (Å²) in [4.78, 5) is 5.38. The smallest absolute Gasteiger partial charge is 0.122 e. The highest BCUT2D eigenvalue weighted by Crippen LogP contribution is 2.62. The number of nitrogens with zero attached hydrogens (tertiary/aromatic N) is 2. The van der Waals surface area contributed by atoms with Gasteiger partial charge in [-0.15, -0.1) is 0 Å². The van der Waals surface area contributed by atoms with Gasteiger partial charge in [0.05, 0.1) is 29.8 Å². The molecule has 0 saturated carbocycles. The third-order valence-corrected chi connectivity index (χ3v) is 12.9. The molecule has 5 aliphatic rings. The number of piperidine rings is 4. The topological polar surface area (TPSA) is 53.0 Å². The summed E-state index contributed by atoms with van der Waals surface area (Å²) in [6.45, 7) is 6.03. The van der Waals surface area contributed by atoms with E-state index >= 15 is 0 Å². The molecule has 6 heteroatoms. The molecule has 5 nitrogen and oxygen atoms in total. The zero-order chi connectivity index (χ0) is 24.5. The summed E-state index contributed by atoms with van der Waals surface area (Å²) in [5.41, 5.74) is 2.90. The van der Waals surface area contributed by atoms with E-state index in [9.17, 15) is 5.11 Å². The quantitative estimate of drug-likeness (QED) is 0.490. The van der Waals surface area contributed by atoms with E-state index < -0.39 is 0 Å². The number of furan rings is 2. The van der Waals surface area contributed by atoms with Crippen molar-refractivity contribution in [1.82, 2.24) is 9.80 Å². The Morgan fingerprint density at radius 1 is 0.861 bits per heavy atom. The lowest BCUT2D eigenvalue weighted by Crippen LogP contribution is -2.63. The first kappa shape index (κ1) is 23.9. The number of hydrogen-bond acceptors (Lipinski definition) is 6. The van der Waals surface area contributed by atoms with Crippen LogP contribution in [0, 0.1) is 17.3 Å². The van der Waals surface area contributed by atoms with E-state index in [0.29, 0.717) is 29.5 Å². The Balaban J connectivity index is 1.16. The molecule has 0 aromatic carbocycles. The second kappa shape index (κ2) is 8.93. The van der Waals surface area contributed by atoms with Crippen molar-refractivity contribution in [3.63, 3.8) is 0 Å². The van der Waals surface area contributed by atoms with Crippen LogP contribution in [-0.4, -0.2) is 50.3 Å². The highest BCUT2D eigenvalue weighted by Gasteiger charge is 2.60. The number of aliphatic hydroxyl groups is 1. The van der Waals surface area contributed by atoms with Gasteiger partial charge in [-0.05, 0) is 87.2 Å². The van der Waals surface area contributed by atoms with Crippen LogP contribution in [0.25, 0.3) is 0 Å². The van der Waals surface area contributed by atoms with Gasteiger partial charge in [0.1, 0.15) is 6.23 Å². The van der Waals surface area contributed by atoms with Gasteiger partial charge in [0, 0.05) is 47.6 Å². The van der Waals surface area contributed by atoms with E-state index in [1.165, 1.54) is 61.9 Å². The molecular formula is C30H42N2O3S. The summed E-state index contributed by atoms with van der Waals surface area (Å²) in [5, 5.41) is 12.2. The zero-order valence-electron chi connectivity index (χ0n) is 21.9. The fraction of sp³-hybridized carbons (Fsp3) is 0.733. The van der Waals surface area contributed by atoms with Crippen molar-refractivity contribution in [2.75, 3.05) is 12.3 Å². The lowest BCUT2D eigenvalue weighted by molar-refractivity contribution is -0.142. The molecule has 7 heterocycles. The molecule has 196 valence electrons. The van der Waals surface area contributed by atoms with Crippen molar-refractivity contribution in [3.05, 3.63) is 48.3 Å². The fourth-order valence-corrected chi connectivity index (χ4v) is 10.9. The van der Waals surface area contributed by atoms with Crippen LogP contribution in [0.5, 0.6) is 0 Å². The molecule has 5 saturated heterocycles. The van der Waals surface area contributed by atoms with Crippen molar-refractivity contribution in [2.45, 2.75) is 107 Å². The Morgan fingerprint density at radius 3 is 2.25 bits per heavy atom. The Bertz CT molecular complexity index is 1040. The van der Waals surface area contributed by atoms with E-state index in [1.807, 2.05) is 18.8 Å². The third kappa shape index (κ3) is 3.69. The Morgan fingerprint density at radius 2 is 1.53 bits per heavy atom. The zero-order valence-corrected chi connectivity index (χ0v) is 22.7. The highest BCUT2D eigenvalue weighted by atomic mass is 32.2. The second-order valence-corrected chi connectivity index (χ2v) is 14.4. The van der Waals surface area contributed by atoms with Crippen LogP contribution >= 0.6 is 11.8 Å². The highest BCUT2D eigenvalue weighted by molar-refractivity contribution is 8.01. The monoisotopic (exact) mass is 510 g/mol. The number of rotatable bonds is 2. The molecule has 2 spiro atoms. The molecule has 5 aliphatic heterocycles. The molecule has 2 aromatic heterocycles. The van der Waals surface area contributed by atoms with Crippen molar-refractivity contribution in [1.29, 1.82) is 0 Å². The number of fused-ring (bicyclic) bond motifs is 2. The maximum absolute atomic E-state index is 12.2. The van der Waals surface area contributed by atoms with E-state index in [1.54, 1.807) is 6.26 Å². The van der Waals surface area contributed by atoms with Crippen molar-refractivity contribution >= 4 is 11.8 Å². The molecule has 36 heavy (non-hydrogen) atoms. The van der Waals surface area contributed by atoms with Crippen LogP contribution in [0.3, 0.4) is 0 Å². The van der Waals surface area contributed by atoms with Gasteiger partial charge in [0.15, 0.2) is 0 Å². The Hall–Kier alpha value is -1.21. The molecule has 0 bridgehead atoms. The minimum absolute atomic E-state index is 0.0467. The first-order valence-electron chi connectivity index (χ1n) is 14.4. The first-order valence-corrected chi connectivity index (χ1v) is 15.4. The summed E-state index contributed by atoms with van der Waals surface area (Å²) >= 11 is 2.11. The lowest BCUT2D eigenvalue weighted by Gasteiger charge is -2.57. The van der Waals surface area contributed by atoms with E-state index in [0.717, 1.165) is 25.2 Å². The van der Waals surface area contributed by atoms with Crippen LogP contribution in [0.1, 0.15) is 94.8 Å². The van der Waals surface area contributed by atoms with Crippen LogP contribution in [0.4, 0.5) is 0 Å². The molecule has 9 atom stereocenters. The number of hydrogen-bond donors (Lipinski definition) is 1. The Kier molecular flexibility index (Phi) is 5.92. The minimum atomic E-state index is -0.383. The largest absolute Gasteiger partial charge is 0.472 e. The summed E-state index contributed by atoms with van der Waals surface area (Å²) in [5.74, 6) is 2.59. The van der Waals surface area contributed by atoms with Crippen LogP contribution in [0.15, 0.2) is 46.0 Å². The fourth-order valence-electron chi connectivity index (χ4n) is 9.05. The third-order valence-electron chi connectivity index (χ3n) is 11.0. The van der Waals surface area contributed by atoms with Gasteiger partial charge in [-0.2, -0.15) is 11.8 Å². The van der Waals surface area contributed by atoms with E-state index in [2.05, 4.69) is 47.5 Å². The second-order valence-electron chi connectivity index (χ2n) is 13.0. The van der Waals surface area contributed by atoms with E-state index in [4.69, 9.17) is 8.83 Å². The van der Waals surface area contributed by atoms with Crippen LogP contribution in [0.2, 0.25) is 0 Å². The lowest BCUT2D eigenvalue weighted by atomic mass is 9.67. The van der Waals surface area contributed by atoms with Crippen molar-refractivity contribution in [3.8, 4) is 0 Å². The first-order chi connectivity index (χ1) is 17.5. The number of thioether (sulfide) groups is 1. The molecule has 0 aliphatic carbocycles. The van der Waals surface area contributed by atoms with Gasteiger partial charge in [0.25, 0.3) is 0 Å². The summed E-state index contributed by atoms with van der Waals surface area (Å²) in [6.07, 6.45) is 18.1. The standard InChI is InChI=1S/C30H42N2O3S/c1-20-3-5-26(22-9-13-34-15-22)31-18-29(11-7-24(20)31)17-30(36-19-29)12-8-25-21(2)4-6-27(32(25)28(30)33)23-10-14-35-16-23/h9-10,13-16,20-21,24-28,33H,3-8,11-12,17-19H2,1-2H3/t20-,21-,24+,25+,26?,27+,28-,29+,30-/m1/s1. The SMILES string of the molecule is C[C@@H]1CCC(c2ccoc2)N2C[C@@]3(CC[C@@H]12)CS[C@]1(CC[C@H]2[C@H](C)CC[C@@H](c4ccoc4)N2[C@@H]1O)C3. The normalized spacial score (nSPS) is 45.7. The van der Waals surface area contributed by atoms with Crippen LogP contribution in [-0.2, 0) is 0 Å². The minimum Gasteiger partial charge on any atom is -0.472 e. The molecule has 0 radical (unpaired) electrons. The van der Waals surface area contributed by atoms with Crippen molar-refractivity contribution in [2.24, 2.45) is 17.3 Å². The van der Waals surface area contributed by atoms with Crippen LogP contribution < -0.4 is 0 Å². The maximum Gasteiger partial charge on any atom is 0.122 e. The maximum atomic E-state index is 12.2. The summed E-state index contributed by atoms with van der Waals surface area (Å²) in [7, 11) is 0. The molecule has 2 aromatic rings. The average molecular weight is 511 g/mol. The summed E-state index contributed by atoms with van der Waals surface area (Å²) in [6, 6.07) is 6.21. The Labute approximate surface area is 220 Å². The van der Waals surface area contributed by atoms with Crippen molar-refractivity contribution < 1.29 is 13.9 Å². The van der Waals surface area contributed by atoms with Gasteiger partial charge >= 0.3 is 0 Å². The average Bonchev–Trinajstić information content (AvgIpc) is 3.65. The van der Waals surface area contributed by atoms with Gasteiger partial charge < -0.3 is 13.9 Å². The summed E-state index contributed by atoms with van der Waals surface area (Å²) < 4.78 is 11.0. The molecule has 7 rings (SSSR count).